The van der Waals surface area contributed by atoms with Gasteiger partial charge in [0.2, 0.25) is 0 Å². The van der Waals surface area contributed by atoms with Crippen LogP contribution in [0.2, 0.25) is 0 Å². The van der Waals surface area contributed by atoms with Crippen LogP contribution in [0.5, 0.6) is 0 Å². The van der Waals surface area contributed by atoms with Gasteiger partial charge >= 0.3 is 0 Å². The Morgan fingerprint density at radius 3 is 2.14 bits per heavy atom. The standard InChI is InChI=1S/C5H11NO/c1-4-5(2)6(3)7/h4,7H,1-3H3/p+1. The van der Waals surface area contributed by atoms with Gasteiger partial charge in [-0.05, 0) is 13.0 Å². The molecule has 0 heterocycles. The summed E-state index contributed by atoms with van der Waals surface area (Å²) in [4.78, 5) is 0. The maximum atomic E-state index is 8.67. The number of hydroxylamine groups is 2. The van der Waals surface area contributed by atoms with Gasteiger partial charge in [0.15, 0.2) is 0 Å². The molecule has 0 aliphatic carbocycles. The first kappa shape index (κ1) is 6.66. The minimum atomic E-state index is 0.405. The Bertz CT molecular complexity index is 76.1. The Balaban J connectivity index is 3.56. The van der Waals surface area contributed by atoms with Crippen LogP contribution >= 0.6 is 0 Å². The van der Waals surface area contributed by atoms with Gasteiger partial charge in [-0.1, -0.05) is 0 Å². The van der Waals surface area contributed by atoms with Crippen LogP contribution in [0.25, 0.3) is 0 Å². The van der Waals surface area contributed by atoms with Crippen molar-refractivity contribution in [2.45, 2.75) is 13.8 Å². The molecule has 0 saturated carbocycles. The van der Waals surface area contributed by atoms with Crippen LogP contribution in [0.3, 0.4) is 0 Å². The molecule has 2 nitrogen and oxygen atoms in total. The molecule has 0 aromatic rings. The molecular weight excluding hydrogens is 90.1 g/mol. The molecule has 42 valence electrons. The quantitative estimate of drug-likeness (QED) is 0.441. The minimum Gasteiger partial charge on any atom is -0.214 e. The number of hydrogen-bond acceptors (Lipinski definition) is 1. The van der Waals surface area contributed by atoms with E-state index in [2.05, 4.69) is 0 Å². The molecule has 0 fully saturated rings. The van der Waals surface area contributed by atoms with E-state index in [0.29, 0.717) is 5.06 Å². The second kappa shape index (κ2) is 2.77. The number of allylic oxidation sites excluding steroid dienone is 2. The van der Waals surface area contributed by atoms with E-state index in [1.54, 1.807) is 7.05 Å². The zero-order chi connectivity index (χ0) is 5.86. The van der Waals surface area contributed by atoms with Crippen molar-refractivity contribution >= 4 is 0 Å². The summed E-state index contributed by atoms with van der Waals surface area (Å²) >= 11 is 0. The highest BCUT2D eigenvalue weighted by Crippen LogP contribution is 1.72. The summed E-state index contributed by atoms with van der Waals surface area (Å²) in [6.07, 6.45) is 1.87. The van der Waals surface area contributed by atoms with Crippen molar-refractivity contribution in [1.29, 1.82) is 0 Å². The maximum absolute atomic E-state index is 8.67. The van der Waals surface area contributed by atoms with Gasteiger partial charge in [0.25, 0.3) is 0 Å². The van der Waals surface area contributed by atoms with Crippen LogP contribution in [-0.4, -0.2) is 12.3 Å². The summed E-state index contributed by atoms with van der Waals surface area (Å²) < 4.78 is 0. The molecule has 0 amide bonds. The molecule has 2 heteroatoms. The van der Waals surface area contributed by atoms with E-state index in [4.69, 9.17) is 5.21 Å². The molecular formula is C5H12NO+. The summed E-state index contributed by atoms with van der Waals surface area (Å²) in [6, 6.07) is 0. The fraction of sp³-hybridized carbons (Fsp3) is 0.600. The van der Waals surface area contributed by atoms with Crippen molar-refractivity contribution in [2.24, 2.45) is 0 Å². The van der Waals surface area contributed by atoms with Gasteiger partial charge in [-0.25, -0.2) is 5.21 Å². The normalized spacial score (nSPS) is 16.9. The van der Waals surface area contributed by atoms with Crippen molar-refractivity contribution in [3.63, 3.8) is 0 Å². The molecule has 1 atom stereocenters. The van der Waals surface area contributed by atoms with Crippen molar-refractivity contribution in [3.8, 4) is 0 Å². The van der Waals surface area contributed by atoms with E-state index in [1.807, 2.05) is 19.9 Å². The average molecular weight is 102 g/mol. The topological polar surface area (TPSA) is 24.7 Å². The number of nitrogens with one attached hydrogen (secondary N) is 1. The first-order chi connectivity index (χ1) is 3.18. The summed E-state index contributed by atoms with van der Waals surface area (Å²) in [7, 11) is 1.68. The lowest BCUT2D eigenvalue weighted by Crippen LogP contribution is -3.04. The Hall–Kier alpha value is -0.340. The molecule has 0 radical (unpaired) electrons. The first-order valence-corrected chi connectivity index (χ1v) is 2.34. The highest BCUT2D eigenvalue weighted by atomic mass is 16.5. The van der Waals surface area contributed by atoms with Crippen LogP contribution in [0.15, 0.2) is 11.8 Å². The molecule has 0 aromatic heterocycles. The second-order valence-corrected chi connectivity index (χ2v) is 1.56. The first-order valence-electron chi connectivity index (χ1n) is 2.34. The molecule has 7 heavy (non-hydrogen) atoms. The van der Waals surface area contributed by atoms with Crippen LogP contribution < -0.4 is 5.06 Å². The fourth-order valence-electron chi connectivity index (χ4n) is 0.209. The van der Waals surface area contributed by atoms with Gasteiger partial charge in [0, 0.05) is 6.92 Å². The van der Waals surface area contributed by atoms with E-state index >= 15 is 0 Å². The molecule has 0 spiro atoms. The summed E-state index contributed by atoms with van der Waals surface area (Å²) in [5.41, 5.74) is 0.944. The van der Waals surface area contributed by atoms with E-state index in [1.165, 1.54) is 0 Å². The lowest BCUT2D eigenvalue weighted by Gasteiger charge is -1.99. The highest BCUT2D eigenvalue weighted by Gasteiger charge is 1.93. The molecule has 0 bridgehead atoms. The highest BCUT2D eigenvalue weighted by molar-refractivity contribution is 4.79. The summed E-state index contributed by atoms with van der Waals surface area (Å²) in [5.74, 6) is 0. The molecule has 0 aromatic carbocycles. The molecule has 0 rings (SSSR count). The predicted octanol–water partition coefficient (Wildman–Crippen LogP) is -0.186. The molecule has 0 aliphatic rings. The zero-order valence-electron chi connectivity index (χ0n) is 5.02. The Labute approximate surface area is 44.0 Å². The largest absolute Gasteiger partial charge is 0.214 e. The third-order valence-electron chi connectivity index (χ3n) is 1.00. The Kier molecular flexibility index (Phi) is 2.64. The maximum Gasteiger partial charge on any atom is 0.132 e. The van der Waals surface area contributed by atoms with E-state index in [9.17, 15) is 0 Å². The lowest BCUT2D eigenvalue weighted by atomic mass is 10.5. The number of rotatable bonds is 1. The van der Waals surface area contributed by atoms with Crippen LogP contribution in [0, 0.1) is 0 Å². The monoisotopic (exact) mass is 102 g/mol. The average Bonchev–Trinajstić information content (AvgIpc) is 1.65. The van der Waals surface area contributed by atoms with Crippen LogP contribution in [-0.2, 0) is 0 Å². The van der Waals surface area contributed by atoms with Crippen molar-refractivity contribution in [3.05, 3.63) is 11.8 Å². The number of hydrogen-bond donors (Lipinski definition) is 2. The Morgan fingerprint density at radius 1 is 1.71 bits per heavy atom. The van der Waals surface area contributed by atoms with Gasteiger partial charge in [-0.3, -0.25) is 0 Å². The minimum absolute atomic E-state index is 0.405. The van der Waals surface area contributed by atoms with Gasteiger partial charge in [0.05, 0.1) is 0 Å². The van der Waals surface area contributed by atoms with E-state index in [0.717, 1.165) is 5.70 Å². The molecule has 0 saturated heterocycles. The molecule has 1 unspecified atom stereocenters. The number of quaternary nitrogens is 1. The zero-order valence-corrected chi connectivity index (χ0v) is 5.02. The van der Waals surface area contributed by atoms with Gasteiger partial charge < -0.3 is 0 Å². The van der Waals surface area contributed by atoms with Crippen LogP contribution in [0.4, 0.5) is 0 Å². The third kappa shape index (κ3) is 2.37. The SMILES string of the molecule is CC=C(C)[NH+](C)O. The lowest BCUT2D eigenvalue weighted by molar-refractivity contribution is -1.04. The summed E-state index contributed by atoms with van der Waals surface area (Å²) in [5, 5.41) is 9.07. The van der Waals surface area contributed by atoms with E-state index < -0.39 is 0 Å². The van der Waals surface area contributed by atoms with E-state index in [-0.39, 0.29) is 0 Å². The predicted molar refractivity (Wildman–Crippen MR) is 28.1 cm³/mol. The van der Waals surface area contributed by atoms with Crippen molar-refractivity contribution < 1.29 is 10.3 Å². The van der Waals surface area contributed by atoms with Gasteiger partial charge in [-0.15, -0.1) is 0 Å². The molecule has 0 aliphatic heterocycles. The van der Waals surface area contributed by atoms with Crippen LogP contribution in [0.1, 0.15) is 13.8 Å². The summed E-state index contributed by atoms with van der Waals surface area (Å²) in [6.45, 7) is 3.77. The van der Waals surface area contributed by atoms with Gasteiger partial charge in [-0.2, -0.15) is 5.06 Å². The fourth-order valence-corrected chi connectivity index (χ4v) is 0.209. The smallest absolute Gasteiger partial charge is 0.132 e. The van der Waals surface area contributed by atoms with Crippen molar-refractivity contribution in [2.75, 3.05) is 7.05 Å². The van der Waals surface area contributed by atoms with Crippen molar-refractivity contribution in [1.82, 2.24) is 0 Å². The Morgan fingerprint density at radius 2 is 2.14 bits per heavy atom. The molecule has 2 N–H and O–H groups in total. The second-order valence-electron chi connectivity index (χ2n) is 1.56. The van der Waals surface area contributed by atoms with Gasteiger partial charge in [0.1, 0.15) is 12.7 Å². The third-order valence-corrected chi connectivity index (χ3v) is 1.00.